The van der Waals surface area contributed by atoms with Gasteiger partial charge in [0.15, 0.2) is 6.10 Å². The summed E-state index contributed by atoms with van der Waals surface area (Å²) in [6.45, 7) is 9.57. The van der Waals surface area contributed by atoms with E-state index in [0.717, 1.165) is 27.9 Å². The Kier molecular flexibility index (Phi) is 5.82. The number of ether oxygens (including phenoxy) is 1. The summed E-state index contributed by atoms with van der Waals surface area (Å²) in [6.07, 6.45) is -0.784. The second-order valence-electron chi connectivity index (χ2n) is 7.19. The summed E-state index contributed by atoms with van der Waals surface area (Å²) in [5, 5.41) is 7.16. The Bertz CT molecular complexity index is 1120. The van der Waals surface area contributed by atoms with Crippen molar-refractivity contribution in [3.8, 4) is 11.6 Å². The van der Waals surface area contributed by atoms with E-state index in [4.69, 9.17) is 4.74 Å². The Hall–Kier alpha value is -3.41. The molecule has 0 aliphatic rings. The van der Waals surface area contributed by atoms with E-state index in [1.165, 1.54) is 16.8 Å². The standard InChI is InChI=1S/C23H25N3O3/c1-14-9-10-19(13-16(14)3)26-22(27)12-11-21(25-26)29-18(5)23(28)24-20-8-6-7-15(2)17(20)4/h6-13,18H,1-5H3,(H,24,28)/t18-/m0/s1. The first-order valence-corrected chi connectivity index (χ1v) is 9.48. The molecular weight excluding hydrogens is 366 g/mol. The second kappa shape index (κ2) is 8.31. The van der Waals surface area contributed by atoms with Gasteiger partial charge in [-0.25, -0.2) is 0 Å². The van der Waals surface area contributed by atoms with Gasteiger partial charge in [0.05, 0.1) is 5.69 Å². The van der Waals surface area contributed by atoms with Crippen molar-refractivity contribution in [1.82, 2.24) is 9.78 Å². The Morgan fingerprint density at radius 2 is 1.76 bits per heavy atom. The van der Waals surface area contributed by atoms with E-state index in [-0.39, 0.29) is 17.3 Å². The van der Waals surface area contributed by atoms with Crippen LogP contribution in [0.25, 0.3) is 5.69 Å². The number of nitrogens with one attached hydrogen (secondary N) is 1. The number of aryl methyl sites for hydroxylation is 3. The lowest BCUT2D eigenvalue weighted by atomic mass is 10.1. The molecule has 6 heteroatoms. The molecule has 1 N–H and O–H groups in total. The van der Waals surface area contributed by atoms with Crippen molar-refractivity contribution in [3.05, 3.63) is 81.1 Å². The summed E-state index contributed by atoms with van der Waals surface area (Å²) in [6, 6.07) is 14.3. The fraction of sp³-hybridized carbons (Fsp3) is 0.261. The quantitative estimate of drug-likeness (QED) is 0.716. The summed E-state index contributed by atoms with van der Waals surface area (Å²) in [7, 11) is 0. The Morgan fingerprint density at radius 1 is 1.00 bits per heavy atom. The third-order valence-corrected chi connectivity index (χ3v) is 5.04. The first-order valence-electron chi connectivity index (χ1n) is 9.48. The monoisotopic (exact) mass is 391 g/mol. The van der Waals surface area contributed by atoms with Crippen molar-refractivity contribution >= 4 is 11.6 Å². The van der Waals surface area contributed by atoms with Gasteiger partial charge in [-0.1, -0.05) is 18.2 Å². The zero-order valence-corrected chi connectivity index (χ0v) is 17.3. The molecule has 1 amide bonds. The molecule has 0 spiro atoms. The van der Waals surface area contributed by atoms with E-state index in [0.29, 0.717) is 5.69 Å². The highest BCUT2D eigenvalue weighted by Gasteiger charge is 2.17. The molecule has 29 heavy (non-hydrogen) atoms. The number of amides is 1. The zero-order chi connectivity index (χ0) is 21.1. The van der Waals surface area contributed by atoms with E-state index in [9.17, 15) is 9.59 Å². The number of nitrogens with zero attached hydrogens (tertiary/aromatic N) is 2. The fourth-order valence-electron chi connectivity index (χ4n) is 2.86. The van der Waals surface area contributed by atoms with E-state index < -0.39 is 6.10 Å². The van der Waals surface area contributed by atoms with Crippen LogP contribution in [0.2, 0.25) is 0 Å². The molecule has 0 saturated carbocycles. The van der Waals surface area contributed by atoms with Gasteiger partial charge in [0.1, 0.15) is 0 Å². The summed E-state index contributed by atoms with van der Waals surface area (Å²) >= 11 is 0. The van der Waals surface area contributed by atoms with Crippen LogP contribution in [0.3, 0.4) is 0 Å². The van der Waals surface area contributed by atoms with Gasteiger partial charge in [0.2, 0.25) is 5.88 Å². The van der Waals surface area contributed by atoms with Gasteiger partial charge >= 0.3 is 0 Å². The predicted molar refractivity (Wildman–Crippen MR) is 114 cm³/mol. The van der Waals surface area contributed by atoms with Gasteiger partial charge in [0.25, 0.3) is 11.5 Å². The molecule has 3 aromatic rings. The van der Waals surface area contributed by atoms with E-state index in [2.05, 4.69) is 10.4 Å². The van der Waals surface area contributed by atoms with Gasteiger partial charge < -0.3 is 10.1 Å². The molecule has 0 aliphatic heterocycles. The van der Waals surface area contributed by atoms with Crippen LogP contribution >= 0.6 is 0 Å². The number of hydrogen-bond acceptors (Lipinski definition) is 4. The summed E-state index contributed by atoms with van der Waals surface area (Å²) in [5.41, 5.74) is 5.42. The molecule has 1 atom stereocenters. The van der Waals surface area contributed by atoms with Crippen molar-refractivity contribution in [1.29, 1.82) is 0 Å². The van der Waals surface area contributed by atoms with Crippen LogP contribution in [0.15, 0.2) is 53.3 Å². The molecule has 0 saturated heterocycles. The normalized spacial score (nSPS) is 11.8. The molecule has 0 unspecified atom stereocenters. The summed E-state index contributed by atoms with van der Waals surface area (Å²) in [5.74, 6) is -0.0872. The number of carbonyl (C=O) groups is 1. The Morgan fingerprint density at radius 3 is 2.48 bits per heavy atom. The third-order valence-electron chi connectivity index (χ3n) is 5.04. The number of carbonyl (C=O) groups excluding carboxylic acids is 1. The number of anilines is 1. The minimum Gasteiger partial charge on any atom is -0.463 e. The molecule has 0 radical (unpaired) electrons. The van der Waals surface area contributed by atoms with Crippen LogP contribution in [0.4, 0.5) is 5.69 Å². The third kappa shape index (κ3) is 4.54. The molecule has 1 aromatic heterocycles. The maximum absolute atomic E-state index is 12.6. The first kappa shape index (κ1) is 20.3. The van der Waals surface area contributed by atoms with Gasteiger partial charge in [-0.05, 0) is 75.1 Å². The molecule has 0 aliphatic carbocycles. The number of hydrogen-bond donors (Lipinski definition) is 1. The van der Waals surface area contributed by atoms with Crippen molar-refractivity contribution < 1.29 is 9.53 Å². The van der Waals surface area contributed by atoms with Gasteiger partial charge in [-0.2, -0.15) is 4.68 Å². The van der Waals surface area contributed by atoms with Crippen molar-refractivity contribution in [2.45, 2.75) is 40.7 Å². The van der Waals surface area contributed by atoms with Crippen molar-refractivity contribution in [2.24, 2.45) is 0 Å². The number of aromatic nitrogens is 2. The SMILES string of the molecule is Cc1ccc(-n2nc(O[C@@H](C)C(=O)Nc3cccc(C)c3C)ccc2=O)cc1C. The first-order chi connectivity index (χ1) is 13.8. The van der Waals surface area contributed by atoms with Gasteiger partial charge in [0, 0.05) is 17.8 Å². The van der Waals surface area contributed by atoms with Crippen LogP contribution in [0.5, 0.6) is 5.88 Å². The maximum atomic E-state index is 12.6. The smallest absolute Gasteiger partial charge is 0.271 e. The minimum atomic E-state index is -0.784. The lowest BCUT2D eigenvalue weighted by Crippen LogP contribution is -2.31. The van der Waals surface area contributed by atoms with Crippen LogP contribution < -0.4 is 15.6 Å². The van der Waals surface area contributed by atoms with E-state index >= 15 is 0 Å². The molecule has 150 valence electrons. The fourth-order valence-corrected chi connectivity index (χ4v) is 2.86. The van der Waals surface area contributed by atoms with Crippen LogP contribution in [0.1, 0.15) is 29.2 Å². The summed E-state index contributed by atoms with van der Waals surface area (Å²) in [4.78, 5) is 24.8. The van der Waals surface area contributed by atoms with Gasteiger partial charge in [-0.15, -0.1) is 5.10 Å². The molecule has 1 heterocycles. The Labute approximate surface area is 170 Å². The molecular formula is C23H25N3O3. The van der Waals surface area contributed by atoms with Crippen molar-refractivity contribution in [2.75, 3.05) is 5.32 Å². The average Bonchev–Trinajstić information content (AvgIpc) is 2.69. The second-order valence-corrected chi connectivity index (χ2v) is 7.19. The summed E-state index contributed by atoms with van der Waals surface area (Å²) < 4.78 is 6.98. The highest BCUT2D eigenvalue weighted by atomic mass is 16.5. The van der Waals surface area contributed by atoms with E-state index in [1.54, 1.807) is 6.92 Å². The predicted octanol–water partition coefficient (Wildman–Crippen LogP) is 3.87. The lowest BCUT2D eigenvalue weighted by Gasteiger charge is -2.16. The highest BCUT2D eigenvalue weighted by Crippen LogP contribution is 2.19. The molecule has 3 rings (SSSR count). The molecule has 6 nitrogen and oxygen atoms in total. The lowest BCUT2D eigenvalue weighted by molar-refractivity contribution is -0.122. The topological polar surface area (TPSA) is 73.2 Å². The molecule has 0 fully saturated rings. The largest absolute Gasteiger partial charge is 0.463 e. The highest BCUT2D eigenvalue weighted by molar-refractivity contribution is 5.94. The van der Waals surface area contributed by atoms with Gasteiger partial charge in [-0.3, -0.25) is 9.59 Å². The minimum absolute atomic E-state index is 0.200. The Balaban J connectivity index is 1.79. The number of benzene rings is 2. The number of rotatable bonds is 5. The average molecular weight is 391 g/mol. The van der Waals surface area contributed by atoms with Crippen LogP contribution in [0, 0.1) is 27.7 Å². The van der Waals surface area contributed by atoms with Crippen molar-refractivity contribution in [3.63, 3.8) is 0 Å². The van der Waals surface area contributed by atoms with E-state index in [1.807, 2.05) is 64.1 Å². The molecule has 2 aromatic carbocycles. The maximum Gasteiger partial charge on any atom is 0.271 e. The zero-order valence-electron chi connectivity index (χ0n) is 17.3. The van der Waals surface area contributed by atoms with Crippen LogP contribution in [-0.4, -0.2) is 21.8 Å². The van der Waals surface area contributed by atoms with Crippen LogP contribution in [-0.2, 0) is 4.79 Å². The molecule has 0 bridgehead atoms.